The molecule has 7 heteroatoms. The van der Waals surface area contributed by atoms with Crippen molar-refractivity contribution in [2.75, 3.05) is 7.11 Å². The summed E-state index contributed by atoms with van der Waals surface area (Å²) in [6, 6.07) is 2.35. The third kappa shape index (κ3) is 6.44. The monoisotopic (exact) mass is 314 g/mol. The van der Waals surface area contributed by atoms with E-state index in [9.17, 15) is 9.59 Å². The van der Waals surface area contributed by atoms with Gasteiger partial charge in [-0.2, -0.15) is 0 Å². The van der Waals surface area contributed by atoms with Gasteiger partial charge in [0.15, 0.2) is 0 Å². The van der Waals surface area contributed by atoms with Crippen molar-refractivity contribution in [3.05, 3.63) is 29.0 Å². The van der Waals surface area contributed by atoms with E-state index < -0.39 is 23.7 Å². The average molecular weight is 315 g/mol. The fourth-order valence-corrected chi connectivity index (χ4v) is 1.74. The van der Waals surface area contributed by atoms with Crippen molar-refractivity contribution in [3.63, 3.8) is 0 Å². The zero-order chi connectivity index (χ0) is 16.0. The van der Waals surface area contributed by atoms with Gasteiger partial charge in [-0.3, -0.25) is 4.98 Å². The topological polar surface area (TPSA) is 77.5 Å². The van der Waals surface area contributed by atoms with Crippen LogP contribution in [0, 0.1) is 0 Å². The first-order valence-corrected chi connectivity index (χ1v) is 6.77. The molecule has 21 heavy (non-hydrogen) atoms. The van der Waals surface area contributed by atoms with E-state index in [1.807, 2.05) is 0 Å². The number of carbonyl (C=O) groups excluding carboxylic acids is 2. The molecule has 1 aromatic rings. The Kier molecular flexibility index (Phi) is 5.96. The maximum atomic E-state index is 11.8. The largest absolute Gasteiger partial charge is 0.467 e. The summed E-state index contributed by atoms with van der Waals surface area (Å²) in [7, 11) is 1.25. The number of ether oxygens (including phenoxy) is 2. The van der Waals surface area contributed by atoms with Gasteiger partial charge < -0.3 is 14.8 Å². The van der Waals surface area contributed by atoms with E-state index in [1.54, 1.807) is 32.9 Å². The fourth-order valence-electron chi connectivity index (χ4n) is 1.55. The number of methoxy groups -OCH3 is 1. The molecule has 0 aromatic carbocycles. The number of halogens is 1. The Morgan fingerprint density at radius 2 is 2.10 bits per heavy atom. The maximum absolute atomic E-state index is 11.8. The minimum atomic E-state index is -0.893. The summed E-state index contributed by atoms with van der Waals surface area (Å²) in [5.74, 6) is -0.581. The number of hydrogen-bond donors (Lipinski definition) is 1. The molecule has 1 aromatic heterocycles. The van der Waals surface area contributed by atoms with Crippen LogP contribution in [0.2, 0.25) is 5.02 Å². The van der Waals surface area contributed by atoms with Crippen molar-refractivity contribution in [2.45, 2.75) is 38.8 Å². The number of rotatable bonds is 4. The zero-order valence-electron chi connectivity index (χ0n) is 12.5. The number of carbonyl (C=O) groups is 2. The lowest BCUT2D eigenvalue weighted by Gasteiger charge is -2.22. The second-order valence-electron chi connectivity index (χ2n) is 5.39. The van der Waals surface area contributed by atoms with E-state index in [0.29, 0.717) is 10.7 Å². The van der Waals surface area contributed by atoms with Crippen molar-refractivity contribution < 1.29 is 19.1 Å². The molecular weight excluding hydrogens is 296 g/mol. The van der Waals surface area contributed by atoms with Crippen molar-refractivity contribution in [1.82, 2.24) is 10.3 Å². The third-order valence-electron chi connectivity index (χ3n) is 2.37. The fraction of sp³-hybridized carbons (Fsp3) is 0.500. The summed E-state index contributed by atoms with van der Waals surface area (Å²) < 4.78 is 9.80. The number of aromatic nitrogens is 1. The van der Waals surface area contributed by atoms with Gasteiger partial charge in [-0.25, -0.2) is 9.59 Å². The van der Waals surface area contributed by atoms with Crippen molar-refractivity contribution in [2.24, 2.45) is 0 Å². The van der Waals surface area contributed by atoms with Gasteiger partial charge >= 0.3 is 12.1 Å². The average Bonchev–Trinajstić information content (AvgIpc) is 2.34. The number of hydrogen-bond acceptors (Lipinski definition) is 5. The third-order valence-corrected chi connectivity index (χ3v) is 2.60. The van der Waals surface area contributed by atoms with Crippen LogP contribution in [-0.4, -0.2) is 35.8 Å². The number of amides is 1. The molecule has 0 saturated carbocycles. The highest BCUT2D eigenvalue weighted by atomic mass is 35.5. The number of esters is 1. The lowest BCUT2D eigenvalue weighted by Crippen LogP contribution is -2.45. The highest BCUT2D eigenvalue weighted by Gasteiger charge is 2.25. The minimum absolute atomic E-state index is 0.159. The SMILES string of the molecule is COC(=O)[C@H](Cc1cc(Cl)ccn1)NC(=O)OC(C)(C)C. The van der Waals surface area contributed by atoms with Gasteiger partial charge in [0, 0.05) is 23.3 Å². The zero-order valence-corrected chi connectivity index (χ0v) is 13.2. The predicted molar refractivity (Wildman–Crippen MR) is 78.1 cm³/mol. The van der Waals surface area contributed by atoms with Crippen LogP contribution in [0.25, 0.3) is 0 Å². The Morgan fingerprint density at radius 3 is 2.62 bits per heavy atom. The van der Waals surface area contributed by atoms with Gasteiger partial charge in [0.25, 0.3) is 0 Å². The van der Waals surface area contributed by atoms with Crippen molar-refractivity contribution in [1.29, 1.82) is 0 Å². The first kappa shape index (κ1) is 17.2. The van der Waals surface area contributed by atoms with Crippen LogP contribution >= 0.6 is 11.6 Å². The molecule has 1 atom stereocenters. The molecular formula is C14H19ClN2O4. The standard InChI is InChI=1S/C14H19ClN2O4/c1-14(2,3)21-13(19)17-11(12(18)20-4)8-10-7-9(15)5-6-16-10/h5-7,11H,8H2,1-4H3,(H,17,19)/t11-/m0/s1. The molecule has 0 aliphatic heterocycles. The molecule has 0 bridgehead atoms. The van der Waals surface area contributed by atoms with Gasteiger partial charge in [-0.05, 0) is 32.9 Å². The Bertz CT molecular complexity index is 514. The summed E-state index contributed by atoms with van der Waals surface area (Å²) >= 11 is 5.87. The minimum Gasteiger partial charge on any atom is -0.467 e. The van der Waals surface area contributed by atoms with E-state index in [-0.39, 0.29) is 6.42 Å². The summed E-state index contributed by atoms with van der Waals surface area (Å²) in [6.45, 7) is 5.20. The first-order chi connectivity index (χ1) is 9.71. The Hall–Kier alpha value is -1.82. The number of alkyl carbamates (subject to hydrolysis) is 1. The summed E-state index contributed by atoms with van der Waals surface area (Å²) in [5, 5.41) is 2.97. The molecule has 0 fully saturated rings. The van der Waals surface area contributed by atoms with Crippen LogP contribution in [0.5, 0.6) is 0 Å². The second kappa shape index (κ2) is 7.26. The summed E-state index contributed by atoms with van der Waals surface area (Å²) in [4.78, 5) is 27.6. The predicted octanol–water partition coefficient (Wildman–Crippen LogP) is 2.34. The van der Waals surface area contributed by atoms with Crippen LogP contribution < -0.4 is 5.32 Å². The van der Waals surface area contributed by atoms with E-state index >= 15 is 0 Å². The molecule has 0 spiro atoms. The van der Waals surface area contributed by atoms with Gasteiger partial charge in [0.1, 0.15) is 11.6 Å². The maximum Gasteiger partial charge on any atom is 0.408 e. The molecule has 1 rings (SSSR count). The smallest absolute Gasteiger partial charge is 0.408 e. The molecule has 116 valence electrons. The quantitative estimate of drug-likeness (QED) is 0.863. The lowest BCUT2D eigenvalue weighted by molar-refractivity contribution is -0.143. The van der Waals surface area contributed by atoms with Crippen LogP contribution in [0.15, 0.2) is 18.3 Å². The van der Waals surface area contributed by atoms with Gasteiger partial charge in [-0.15, -0.1) is 0 Å². The van der Waals surface area contributed by atoms with Crippen LogP contribution in [-0.2, 0) is 20.7 Å². The normalized spacial score (nSPS) is 12.4. The summed E-state index contributed by atoms with van der Waals surface area (Å²) in [6.07, 6.45) is 0.992. The van der Waals surface area contributed by atoms with E-state index in [1.165, 1.54) is 13.3 Å². The molecule has 0 aliphatic carbocycles. The first-order valence-electron chi connectivity index (χ1n) is 6.39. The molecule has 0 saturated heterocycles. The van der Waals surface area contributed by atoms with Gasteiger partial charge in [0.05, 0.1) is 7.11 Å². The van der Waals surface area contributed by atoms with E-state index in [2.05, 4.69) is 15.0 Å². The molecule has 1 N–H and O–H groups in total. The second-order valence-corrected chi connectivity index (χ2v) is 5.83. The van der Waals surface area contributed by atoms with Crippen LogP contribution in [0.3, 0.4) is 0 Å². The van der Waals surface area contributed by atoms with Crippen molar-refractivity contribution in [3.8, 4) is 0 Å². The molecule has 1 heterocycles. The lowest BCUT2D eigenvalue weighted by atomic mass is 10.1. The Labute approximate surface area is 128 Å². The molecule has 0 radical (unpaired) electrons. The Balaban J connectivity index is 2.77. The van der Waals surface area contributed by atoms with Crippen LogP contribution in [0.4, 0.5) is 4.79 Å². The summed E-state index contributed by atoms with van der Waals surface area (Å²) in [5.41, 5.74) is -0.0899. The highest BCUT2D eigenvalue weighted by Crippen LogP contribution is 2.11. The van der Waals surface area contributed by atoms with E-state index in [0.717, 1.165) is 0 Å². The van der Waals surface area contributed by atoms with Crippen molar-refractivity contribution >= 4 is 23.7 Å². The number of nitrogens with zero attached hydrogens (tertiary/aromatic N) is 1. The molecule has 6 nitrogen and oxygen atoms in total. The number of pyridine rings is 1. The molecule has 0 unspecified atom stereocenters. The number of nitrogens with one attached hydrogen (secondary N) is 1. The van der Waals surface area contributed by atoms with E-state index in [4.69, 9.17) is 16.3 Å². The molecule has 0 aliphatic rings. The molecule has 1 amide bonds. The Morgan fingerprint density at radius 1 is 1.43 bits per heavy atom. The van der Waals surface area contributed by atoms with Crippen LogP contribution in [0.1, 0.15) is 26.5 Å². The van der Waals surface area contributed by atoms with Gasteiger partial charge in [-0.1, -0.05) is 11.6 Å². The van der Waals surface area contributed by atoms with Gasteiger partial charge in [0.2, 0.25) is 0 Å². The highest BCUT2D eigenvalue weighted by molar-refractivity contribution is 6.30.